The zero-order valence-electron chi connectivity index (χ0n) is 17.8. The van der Waals surface area contributed by atoms with Crippen molar-refractivity contribution in [1.29, 1.82) is 0 Å². The molecule has 0 saturated carbocycles. The maximum absolute atomic E-state index is 12.1. The Morgan fingerprint density at radius 3 is 2.75 bits per heavy atom. The molecule has 0 unspecified atom stereocenters. The molecule has 1 aromatic heterocycles. The van der Waals surface area contributed by atoms with E-state index in [9.17, 15) is 13.2 Å². The number of hydrogen-bond acceptors (Lipinski definition) is 9. The Morgan fingerprint density at radius 2 is 2.09 bits per heavy atom. The Morgan fingerprint density at radius 1 is 1.31 bits per heavy atom. The van der Waals surface area contributed by atoms with E-state index in [2.05, 4.69) is 15.3 Å². The number of hydrogen-bond donors (Lipinski definition) is 2. The lowest BCUT2D eigenvalue weighted by atomic mass is 10.1. The summed E-state index contributed by atoms with van der Waals surface area (Å²) in [6.45, 7) is 2.19. The number of nitrogens with two attached hydrogens (primary N) is 1. The van der Waals surface area contributed by atoms with Gasteiger partial charge in [-0.3, -0.25) is 4.90 Å². The van der Waals surface area contributed by atoms with E-state index in [1.165, 1.54) is 18.3 Å². The molecule has 11 heteroatoms. The molecule has 1 atom stereocenters. The molecular weight excluding hydrogens is 434 g/mol. The van der Waals surface area contributed by atoms with Crippen LogP contribution in [0.3, 0.4) is 0 Å². The lowest BCUT2D eigenvalue weighted by Crippen LogP contribution is -2.30. The van der Waals surface area contributed by atoms with E-state index in [1.807, 2.05) is 6.92 Å². The number of cyclic esters (lactones) is 1. The lowest BCUT2D eigenvalue weighted by molar-refractivity contribution is 0.179. The highest BCUT2D eigenvalue weighted by atomic mass is 32.2. The number of fused-ring (bicyclic) bond motifs is 1. The lowest BCUT2D eigenvalue weighted by Gasteiger charge is -2.19. The number of amides is 1. The third kappa shape index (κ3) is 4.37. The molecule has 4 rings (SSSR count). The van der Waals surface area contributed by atoms with E-state index in [4.69, 9.17) is 15.2 Å². The summed E-state index contributed by atoms with van der Waals surface area (Å²) in [5, 5.41) is 3.74. The number of carbonyl (C=O) groups is 1. The number of nitrogen functional groups attached to an aromatic ring is 1. The van der Waals surface area contributed by atoms with Gasteiger partial charge in [0.05, 0.1) is 35.8 Å². The fraction of sp³-hybridized carbons (Fsp3) is 0.286. The number of methoxy groups -OCH3 is 1. The second-order valence-corrected chi connectivity index (χ2v) is 9.83. The first-order chi connectivity index (χ1) is 15.1. The van der Waals surface area contributed by atoms with Crippen LogP contribution in [0.25, 0.3) is 10.9 Å². The number of carbonyl (C=O) groups excluding carboxylic acids is 1. The Bertz CT molecular complexity index is 1310. The number of aromatic nitrogens is 2. The first-order valence-corrected chi connectivity index (χ1v) is 11.8. The van der Waals surface area contributed by atoms with Crippen molar-refractivity contribution in [3.8, 4) is 5.75 Å². The van der Waals surface area contributed by atoms with Crippen molar-refractivity contribution in [3.05, 3.63) is 42.1 Å². The smallest absolute Gasteiger partial charge is 0.414 e. The van der Waals surface area contributed by atoms with Crippen molar-refractivity contribution < 1.29 is 22.7 Å². The van der Waals surface area contributed by atoms with Crippen LogP contribution < -0.4 is 20.7 Å². The molecule has 1 fully saturated rings. The third-order valence-electron chi connectivity index (χ3n) is 5.02. The van der Waals surface area contributed by atoms with Gasteiger partial charge in [0.15, 0.2) is 9.84 Å². The summed E-state index contributed by atoms with van der Waals surface area (Å²) in [6, 6.07) is 8.40. The zero-order valence-corrected chi connectivity index (χ0v) is 18.6. The molecule has 32 heavy (non-hydrogen) atoms. The molecule has 1 saturated heterocycles. The average Bonchev–Trinajstić information content (AvgIpc) is 3.05. The minimum Gasteiger partial charge on any atom is -0.495 e. The van der Waals surface area contributed by atoms with Crippen LogP contribution >= 0.6 is 0 Å². The van der Waals surface area contributed by atoms with Gasteiger partial charge in [-0.15, -0.1) is 0 Å². The molecule has 10 nitrogen and oxygen atoms in total. The van der Waals surface area contributed by atoms with E-state index in [-0.39, 0.29) is 11.8 Å². The number of ether oxygens (including phenoxy) is 2. The van der Waals surface area contributed by atoms with Gasteiger partial charge in [0.25, 0.3) is 0 Å². The van der Waals surface area contributed by atoms with Crippen molar-refractivity contribution >= 4 is 49.8 Å². The molecule has 2 heterocycles. The number of nitrogens with zero attached hydrogens (tertiary/aromatic N) is 3. The molecule has 0 bridgehead atoms. The van der Waals surface area contributed by atoms with Gasteiger partial charge in [-0.25, -0.2) is 23.2 Å². The molecule has 0 spiro atoms. The second-order valence-electron chi connectivity index (χ2n) is 7.69. The Labute approximate surface area is 185 Å². The fourth-order valence-electron chi connectivity index (χ4n) is 3.57. The van der Waals surface area contributed by atoms with E-state index in [0.717, 1.165) is 0 Å². The standard InChI is InChI=1S/C21H23N5O5S/c1-12-10-31-21(27)26(12)14-7-16(22)15-9-23-20(25-18(15)8-14)24-17-5-4-13(6-19(17)30-2)11-32(3,28)29/h4-9,12H,10-11,22H2,1-3H3,(H,23,24,25)/t12-/m0/s1. The van der Waals surface area contributed by atoms with Crippen LogP contribution in [0.5, 0.6) is 5.75 Å². The van der Waals surface area contributed by atoms with Gasteiger partial charge >= 0.3 is 6.09 Å². The molecule has 0 radical (unpaired) electrons. The SMILES string of the molecule is COc1cc(CS(C)(=O)=O)ccc1Nc1ncc2c(N)cc(N3C(=O)OC[C@@H]3C)cc2n1. The fourth-order valence-corrected chi connectivity index (χ4v) is 4.36. The Hall–Kier alpha value is -3.60. The molecule has 3 N–H and O–H groups in total. The molecule has 1 aliphatic heterocycles. The Kier molecular flexibility index (Phi) is 5.51. The van der Waals surface area contributed by atoms with E-state index >= 15 is 0 Å². The number of nitrogens with one attached hydrogen (secondary N) is 1. The van der Waals surface area contributed by atoms with Crippen LogP contribution in [0.1, 0.15) is 12.5 Å². The van der Waals surface area contributed by atoms with Crippen molar-refractivity contribution in [2.75, 3.05) is 35.9 Å². The maximum Gasteiger partial charge on any atom is 0.414 e. The van der Waals surface area contributed by atoms with E-state index < -0.39 is 15.9 Å². The van der Waals surface area contributed by atoms with Gasteiger partial charge < -0.3 is 20.5 Å². The summed E-state index contributed by atoms with van der Waals surface area (Å²) >= 11 is 0. The van der Waals surface area contributed by atoms with Crippen LogP contribution in [0.4, 0.5) is 27.8 Å². The van der Waals surface area contributed by atoms with Gasteiger partial charge in [0.1, 0.15) is 12.4 Å². The van der Waals surface area contributed by atoms with E-state index in [0.29, 0.717) is 51.8 Å². The van der Waals surface area contributed by atoms with Crippen molar-refractivity contribution in [1.82, 2.24) is 9.97 Å². The van der Waals surface area contributed by atoms with E-state index in [1.54, 1.807) is 36.5 Å². The Balaban J connectivity index is 1.67. The molecule has 1 amide bonds. The number of benzene rings is 2. The largest absolute Gasteiger partial charge is 0.495 e. The van der Waals surface area contributed by atoms with Gasteiger partial charge in [0.2, 0.25) is 5.95 Å². The molecule has 1 aliphatic rings. The van der Waals surface area contributed by atoms with Gasteiger partial charge in [-0.1, -0.05) is 6.07 Å². The molecule has 2 aromatic carbocycles. The molecular formula is C21H23N5O5S. The predicted octanol–water partition coefficient (Wildman–Crippen LogP) is 2.85. The topological polar surface area (TPSA) is 137 Å². The minimum absolute atomic E-state index is 0.0878. The summed E-state index contributed by atoms with van der Waals surface area (Å²) in [5.41, 5.74) is 8.96. The number of sulfone groups is 1. The third-order valence-corrected chi connectivity index (χ3v) is 5.88. The highest BCUT2D eigenvalue weighted by Crippen LogP contribution is 2.32. The molecule has 168 valence electrons. The van der Waals surface area contributed by atoms with Crippen LogP contribution in [0, 0.1) is 0 Å². The maximum atomic E-state index is 12.1. The van der Waals surface area contributed by atoms with Crippen LogP contribution in [-0.4, -0.2) is 50.5 Å². The highest BCUT2D eigenvalue weighted by molar-refractivity contribution is 7.89. The second kappa shape index (κ2) is 8.15. The predicted molar refractivity (Wildman–Crippen MR) is 122 cm³/mol. The summed E-state index contributed by atoms with van der Waals surface area (Å²) in [6.07, 6.45) is 2.35. The molecule has 3 aromatic rings. The van der Waals surface area contributed by atoms with Crippen LogP contribution in [-0.2, 0) is 20.3 Å². The first-order valence-electron chi connectivity index (χ1n) is 9.78. The summed E-state index contributed by atoms with van der Waals surface area (Å²) in [5.74, 6) is 0.659. The van der Waals surface area contributed by atoms with Gasteiger partial charge in [-0.2, -0.15) is 0 Å². The van der Waals surface area contributed by atoms with Gasteiger partial charge in [0, 0.05) is 23.5 Å². The first kappa shape index (κ1) is 21.6. The quantitative estimate of drug-likeness (QED) is 0.535. The van der Waals surface area contributed by atoms with Crippen molar-refractivity contribution in [3.63, 3.8) is 0 Å². The normalized spacial score (nSPS) is 16.3. The molecule has 0 aliphatic carbocycles. The van der Waals surface area contributed by atoms with Crippen molar-refractivity contribution in [2.24, 2.45) is 0 Å². The van der Waals surface area contributed by atoms with Crippen LogP contribution in [0.15, 0.2) is 36.5 Å². The minimum atomic E-state index is -3.17. The number of anilines is 4. The van der Waals surface area contributed by atoms with Crippen LogP contribution in [0.2, 0.25) is 0 Å². The zero-order chi connectivity index (χ0) is 23.0. The van der Waals surface area contributed by atoms with Crippen molar-refractivity contribution in [2.45, 2.75) is 18.7 Å². The monoisotopic (exact) mass is 457 g/mol. The van der Waals surface area contributed by atoms with Gasteiger partial charge in [-0.05, 0) is 36.8 Å². The summed E-state index contributed by atoms with van der Waals surface area (Å²) in [4.78, 5) is 22.5. The number of rotatable bonds is 6. The summed E-state index contributed by atoms with van der Waals surface area (Å²) < 4.78 is 33.6. The summed E-state index contributed by atoms with van der Waals surface area (Å²) in [7, 11) is -1.68. The highest BCUT2D eigenvalue weighted by Gasteiger charge is 2.31. The average molecular weight is 458 g/mol.